The zero-order chi connectivity index (χ0) is 11.8. The molecule has 0 heterocycles. The predicted octanol–water partition coefficient (Wildman–Crippen LogP) is 1.63. The summed E-state index contributed by atoms with van der Waals surface area (Å²) < 4.78 is 0. The number of rotatable bonds is 1. The molecule has 0 aromatic heterocycles. The fourth-order valence-electron chi connectivity index (χ4n) is 1.55. The van der Waals surface area contributed by atoms with Crippen molar-refractivity contribution in [1.82, 2.24) is 0 Å². The normalized spacial score (nSPS) is 11.7. The molecule has 1 aromatic rings. The number of hydrogen-bond donors (Lipinski definition) is 2. The summed E-state index contributed by atoms with van der Waals surface area (Å²) in [4.78, 5) is 0. The number of halogens is 1. The lowest BCUT2D eigenvalue weighted by atomic mass is 9.75. The van der Waals surface area contributed by atoms with E-state index in [9.17, 15) is 0 Å². The van der Waals surface area contributed by atoms with Crippen molar-refractivity contribution in [3.8, 4) is 0 Å². The van der Waals surface area contributed by atoms with E-state index in [1.54, 1.807) is 6.07 Å². The maximum atomic E-state index is 9.12. The van der Waals surface area contributed by atoms with Gasteiger partial charge in [-0.2, -0.15) is 0 Å². The Balaban J connectivity index is 3.32. The minimum absolute atomic E-state index is 0.0409. The van der Waals surface area contributed by atoms with Gasteiger partial charge in [0.25, 0.3) is 0 Å². The van der Waals surface area contributed by atoms with E-state index in [2.05, 4.69) is 20.8 Å². The molecule has 0 radical (unpaired) electrons. The Morgan fingerprint density at radius 2 is 1.73 bits per heavy atom. The van der Waals surface area contributed by atoms with Crippen LogP contribution in [-0.4, -0.2) is 17.2 Å². The molecule has 1 rings (SSSR count). The Bertz CT molecular complexity index is 370. The standard InChI is InChI=1S/C11H16BClO2/c1-7-5-8(11(2,3)4)10(13)6-9(7)12(14)15/h5-6,14-15H,1-4H3. The van der Waals surface area contributed by atoms with Crippen molar-refractivity contribution in [3.63, 3.8) is 0 Å². The van der Waals surface area contributed by atoms with Gasteiger partial charge in [-0.1, -0.05) is 44.0 Å². The Morgan fingerprint density at radius 1 is 1.20 bits per heavy atom. The summed E-state index contributed by atoms with van der Waals surface area (Å²) in [7, 11) is -1.46. The van der Waals surface area contributed by atoms with Crippen molar-refractivity contribution < 1.29 is 10.0 Å². The molecule has 0 bridgehead atoms. The SMILES string of the molecule is Cc1cc(C(C)(C)C)c(Cl)cc1B(O)O. The van der Waals surface area contributed by atoms with Gasteiger partial charge in [-0.05, 0) is 29.4 Å². The molecular formula is C11H16BClO2. The van der Waals surface area contributed by atoms with E-state index in [0.29, 0.717) is 10.5 Å². The maximum Gasteiger partial charge on any atom is 0.488 e. The van der Waals surface area contributed by atoms with E-state index in [1.807, 2.05) is 13.0 Å². The average Bonchev–Trinajstić information content (AvgIpc) is 2.06. The van der Waals surface area contributed by atoms with Crippen LogP contribution in [0.15, 0.2) is 12.1 Å². The van der Waals surface area contributed by atoms with Gasteiger partial charge in [0.15, 0.2) is 0 Å². The second kappa shape index (κ2) is 4.16. The van der Waals surface area contributed by atoms with Crippen LogP contribution in [0.25, 0.3) is 0 Å². The molecule has 82 valence electrons. The van der Waals surface area contributed by atoms with E-state index >= 15 is 0 Å². The fraction of sp³-hybridized carbons (Fsp3) is 0.455. The third kappa shape index (κ3) is 2.74. The van der Waals surface area contributed by atoms with Crippen LogP contribution in [0.5, 0.6) is 0 Å². The van der Waals surface area contributed by atoms with Crippen LogP contribution in [-0.2, 0) is 5.41 Å². The van der Waals surface area contributed by atoms with E-state index in [1.165, 1.54) is 0 Å². The predicted molar refractivity (Wildman–Crippen MR) is 64.7 cm³/mol. The summed E-state index contributed by atoms with van der Waals surface area (Å²) in [5, 5.41) is 18.8. The summed E-state index contributed by atoms with van der Waals surface area (Å²) in [5.41, 5.74) is 2.29. The van der Waals surface area contributed by atoms with Gasteiger partial charge in [0.2, 0.25) is 0 Å². The van der Waals surface area contributed by atoms with Gasteiger partial charge in [-0.25, -0.2) is 0 Å². The molecule has 0 aliphatic rings. The average molecular weight is 227 g/mol. The van der Waals surface area contributed by atoms with Crippen molar-refractivity contribution in [2.75, 3.05) is 0 Å². The summed E-state index contributed by atoms with van der Waals surface area (Å²) in [6.07, 6.45) is 0. The molecule has 0 spiro atoms. The topological polar surface area (TPSA) is 40.5 Å². The molecule has 0 atom stereocenters. The van der Waals surface area contributed by atoms with E-state index in [4.69, 9.17) is 21.6 Å². The van der Waals surface area contributed by atoms with E-state index in [-0.39, 0.29) is 5.41 Å². The molecule has 0 saturated carbocycles. The number of benzene rings is 1. The number of hydrogen-bond acceptors (Lipinski definition) is 2. The van der Waals surface area contributed by atoms with Gasteiger partial charge in [0, 0.05) is 5.02 Å². The van der Waals surface area contributed by atoms with Crippen LogP contribution in [0.4, 0.5) is 0 Å². The van der Waals surface area contributed by atoms with Crippen LogP contribution in [0.3, 0.4) is 0 Å². The molecular weight excluding hydrogens is 210 g/mol. The largest absolute Gasteiger partial charge is 0.488 e. The Labute approximate surface area is 96.0 Å². The summed E-state index contributed by atoms with van der Waals surface area (Å²) >= 11 is 6.11. The molecule has 4 heteroatoms. The fourth-order valence-corrected chi connectivity index (χ4v) is 2.01. The quantitative estimate of drug-likeness (QED) is 0.715. The molecule has 0 fully saturated rings. The lowest BCUT2D eigenvalue weighted by molar-refractivity contribution is 0.425. The molecule has 2 nitrogen and oxygen atoms in total. The maximum absolute atomic E-state index is 9.12. The third-order valence-corrected chi connectivity index (χ3v) is 2.75. The first-order valence-corrected chi connectivity index (χ1v) is 5.28. The van der Waals surface area contributed by atoms with Gasteiger partial charge in [-0.3, -0.25) is 0 Å². The van der Waals surface area contributed by atoms with Crippen molar-refractivity contribution in [2.24, 2.45) is 0 Å². The van der Waals surface area contributed by atoms with Gasteiger partial charge >= 0.3 is 7.12 Å². The summed E-state index contributed by atoms with van der Waals surface area (Å²) in [6.45, 7) is 8.06. The highest BCUT2D eigenvalue weighted by Gasteiger charge is 2.21. The lowest BCUT2D eigenvalue weighted by Crippen LogP contribution is -2.33. The first-order chi connectivity index (χ1) is 6.73. The third-order valence-electron chi connectivity index (χ3n) is 2.44. The zero-order valence-corrected chi connectivity index (χ0v) is 10.3. The van der Waals surface area contributed by atoms with Gasteiger partial charge in [0.05, 0.1) is 0 Å². The molecule has 0 unspecified atom stereocenters. The highest BCUT2D eigenvalue weighted by Crippen LogP contribution is 2.29. The van der Waals surface area contributed by atoms with Gasteiger partial charge in [-0.15, -0.1) is 0 Å². The highest BCUT2D eigenvalue weighted by molar-refractivity contribution is 6.59. The van der Waals surface area contributed by atoms with Crippen molar-refractivity contribution in [2.45, 2.75) is 33.1 Å². The van der Waals surface area contributed by atoms with Gasteiger partial charge in [0.1, 0.15) is 0 Å². The molecule has 2 N–H and O–H groups in total. The number of aryl methyl sites for hydroxylation is 1. The monoisotopic (exact) mass is 226 g/mol. The molecule has 0 amide bonds. The van der Waals surface area contributed by atoms with Gasteiger partial charge < -0.3 is 10.0 Å². The van der Waals surface area contributed by atoms with Crippen LogP contribution in [0, 0.1) is 6.92 Å². The Morgan fingerprint density at radius 3 is 2.13 bits per heavy atom. The first kappa shape index (κ1) is 12.6. The van der Waals surface area contributed by atoms with Crippen LogP contribution < -0.4 is 5.46 Å². The van der Waals surface area contributed by atoms with Crippen LogP contribution in [0.1, 0.15) is 31.9 Å². The minimum Gasteiger partial charge on any atom is -0.423 e. The van der Waals surface area contributed by atoms with Crippen molar-refractivity contribution >= 4 is 24.2 Å². The molecule has 1 aromatic carbocycles. The van der Waals surface area contributed by atoms with Crippen LogP contribution >= 0.6 is 11.6 Å². The second-order valence-electron chi connectivity index (χ2n) is 4.81. The molecule has 0 aliphatic heterocycles. The molecule has 0 saturated heterocycles. The summed E-state index contributed by atoms with van der Waals surface area (Å²) in [6, 6.07) is 3.54. The Hall–Kier alpha value is -0.505. The molecule has 15 heavy (non-hydrogen) atoms. The summed E-state index contributed by atoms with van der Waals surface area (Å²) in [5.74, 6) is 0. The van der Waals surface area contributed by atoms with E-state index < -0.39 is 7.12 Å². The minimum atomic E-state index is -1.46. The second-order valence-corrected chi connectivity index (χ2v) is 5.22. The highest BCUT2D eigenvalue weighted by atomic mass is 35.5. The van der Waals surface area contributed by atoms with E-state index in [0.717, 1.165) is 11.1 Å². The van der Waals surface area contributed by atoms with Crippen LogP contribution in [0.2, 0.25) is 5.02 Å². The Kier molecular flexibility index (Phi) is 3.49. The smallest absolute Gasteiger partial charge is 0.423 e. The lowest BCUT2D eigenvalue weighted by Gasteiger charge is -2.22. The molecule has 0 aliphatic carbocycles. The van der Waals surface area contributed by atoms with Crippen molar-refractivity contribution in [1.29, 1.82) is 0 Å². The first-order valence-electron chi connectivity index (χ1n) is 4.90. The van der Waals surface area contributed by atoms with Crippen molar-refractivity contribution in [3.05, 3.63) is 28.3 Å². The zero-order valence-electron chi connectivity index (χ0n) is 9.50.